The van der Waals surface area contributed by atoms with E-state index in [0.29, 0.717) is 17.9 Å². The molecular formula is C19H26N8O5. The maximum absolute atomic E-state index is 11.8. The van der Waals surface area contributed by atoms with Crippen LogP contribution in [0.4, 0.5) is 4.79 Å². The third kappa shape index (κ3) is 9.36. The minimum absolute atomic E-state index is 0.0600. The number of aromatic nitrogens is 6. The van der Waals surface area contributed by atoms with Crippen molar-refractivity contribution in [2.75, 3.05) is 6.54 Å². The second kappa shape index (κ2) is 11.6. The molecule has 13 nitrogen and oxygen atoms in total. The molecule has 0 atom stereocenters. The fourth-order valence-corrected chi connectivity index (χ4v) is 2.31. The highest BCUT2D eigenvalue weighted by atomic mass is 16.6. The molecule has 2 heterocycles. The van der Waals surface area contributed by atoms with Crippen LogP contribution in [0.25, 0.3) is 11.6 Å². The molecule has 0 saturated heterocycles. The maximum atomic E-state index is 11.8. The van der Waals surface area contributed by atoms with E-state index in [4.69, 9.17) is 9.84 Å². The van der Waals surface area contributed by atoms with Crippen LogP contribution in [0, 0.1) is 0 Å². The summed E-state index contributed by atoms with van der Waals surface area (Å²) in [5.74, 6) is -0.569. The zero-order valence-corrected chi connectivity index (χ0v) is 18.2. The van der Waals surface area contributed by atoms with Crippen molar-refractivity contribution in [2.45, 2.75) is 58.6 Å². The van der Waals surface area contributed by atoms with E-state index in [1.165, 1.54) is 6.20 Å². The lowest BCUT2D eigenvalue weighted by molar-refractivity contribution is -0.137. The Morgan fingerprint density at radius 1 is 1.03 bits per heavy atom. The topological polar surface area (TPSA) is 182 Å². The van der Waals surface area contributed by atoms with Gasteiger partial charge in [0.15, 0.2) is 5.82 Å². The van der Waals surface area contributed by atoms with Crippen molar-refractivity contribution in [3.8, 4) is 11.6 Å². The summed E-state index contributed by atoms with van der Waals surface area (Å²) in [6.45, 7) is 5.73. The number of nitrogens with one attached hydrogen (secondary N) is 2. The molecule has 0 aromatic carbocycles. The highest BCUT2D eigenvalue weighted by Gasteiger charge is 2.16. The molecular weight excluding hydrogens is 420 g/mol. The van der Waals surface area contributed by atoms with Crippen LogP contribution in [-0.2, 0) is 27.3 Å². The average molecular weight is 446 g/mol. The minimum atomic E-state index is -0.939. The van der Waals surface area contributed by atoms with Crippen LogP contribution in [0.2, 0.25) is 0 Å². The Bertz CT molecular complexity index is 930. The van der Waals surface area contributed by atoms with E-state index in [-0.39, 0.29) is 49.9 Å². The number of hydrogen-bond acceptors (Lipinski definition) is 10. The van der Waals surface area contributed by atoms with Gasteiger partial charge in [-0.25, -0.2) is 14.8 Å². The van der Waals surface area contributed by atoms with Gasteiger partial charge in [0, 0.05) is 32.0 Å². The van der Waals surface area contributed by atoms with Gasteiger partial charge >= 0.3 is 12.1 Å². The van der Waals surface area contributed by atoms with Crippen LogP contribution in [0.15, 0.2) is 12.3 Å². The van der Waals surface area contributed by atoms with Gasteiger partial charge in [-0.1, -0.05) is 0 Å². The molecule has 0 spiro atoms. The van der Waals surface area contributed by atoms with E-state index >= 15 is 0 Å². The number of ether oxygens (including phenoxy) is 1. The summed E-state index contributed by atoms with van der Waals surface area (Å²) in [7, 11) is 0. The van der Waals surface area contributed by atoms with E-state index in [1.807, 2.05) is 0 Å². The van der Waals surface area contributed by atoms with Crippen molar-refractivity contribution in [1.29, 1.82) is 0 Å². The predicted molar refractivity (Wildman–Crippen MR) is 110 cm³/mol. The highest BCUT2D eigenvalue weighted by Crippen LogP contribution is 2.08. The lowest BCUT2D eigenvalue weighted by atomic mass is 10.2. The van der Waals surface area contributed by atoms with Crippen molar-refractivity contribution < 1.29 is 24.2 Å². The second-order valence-corrected chi connectivity index (χ2v) is 7.71. The maximum Gasteiger partial charge on any atom is 0.407 e. The third-order valence-electron chi connectivity index (χ3n) is 3.71. The van der Waals surface area contributed by atoms with Crippen molar-refractivity contribution in [3.63, 3.8) is 0 Å². The summed E-state index contributed by atoms with van der Waals surface area (Å²) in [6, 6.07) is 1.62. The monoisotopic (exact) mass is 446 g/mol. The van der Waals surface area contributed by atoms with Crippen LogP contribution < -0.4 is 10.6 Å². The molecule has 0 saturated carbocycles. The Morgan fingerprint density at radius 2 is 1.75 bits per heavy atom. The van der Waals surface area contributed by atoms with Gasteiger partial charge < -0.3 is 20.5 Å². The molecule has 32 heavy (non-hydrogen) atoms. The van der Waals surface area contributed by atoms with Gasteiger partial charge in [0.2, 0.25) is 17.6 Å². The molecule has 172 valence electrons. The zero-order valence-electron chi connectivity index (χ0n) is 18.2. The van der Waals surface area contributed by atoms with Crippen molar-refractivity contribution >= 4 is 18.0 Å². The number of carbonyl (C=O) groups is 3. The van der Waals surface area contributed by atoms with Gasteiger partial charge in [-0.15, -0.1) is 20.4 Å². The van der Waals surface area contributed by atoms with Crippen molar-refractivity contribution in [1.82, 2.24) is 41.0 Å². The SMILES string of the molecule is CC(C)(C)OC(=O)NCCc1nnc(-c2nccc(CNC(=O)CCCC(=O)O)n2)nn1. The van der Waals surface area contributed by atoms with Gasteiger partial charge in [0.25, 0.3) is 0 Å². The largest absolute Gasteiger partial charge is 0.481 e. The molecule has 0 radical (unpaired) electrons. The first-order chi connectivity index (χ1) is 15.1. The van der Waals surface area contributed by atoms with E-state index in [9.17, 15) is 14.4 Å². The Kier molecular flexibility index (Phi) is 8.86. The van der Waals surface area contributed by atoms with Crippen LogP contribution in [0.5, 0.6) is 0 Å². The Labute approximate surface area is 184 Å². The van der Waals surface area contributed by atoms with Gasteiger partial charge in [0.1, 0.15) is 5.60 Å². The number of amides is 2. The highest BCUT2D eigenvalue weighted by molar-refractivity contribution is 5.76. The van der Waals surface area contributed by atoms with E-state index in [1.54, 1.807) is 26.8 Å². The van der Waals surface area contributed by atoms with E-state index in [2.05, 4.69) is 41.0 Å². The van der Waals surface area contributed by atoms with Crippen LogP contribution >= 0.6 is 0 Å². The van der Waals surface area contributed by atoms with Crippen molar-refractivity contribution in [2.24, 2.45) is 0 Å². The summed E-state index contributed by atoms with van der Waals surface area (Å²) in [4.78, 5) is 42.2. The molecule has 3 N–H and O–H groups in total. The third-order valence-corrected chi connectivity index (χ3v) is 3.71. The van der Waals surface area contributed by atoms with E-state index in [0.717, 1.165) is 0 Å². The van der Waals surface area contributed by atoms with Crippen LogP contribution in [0.1, 0.15) is 51.6 Å². The lowest BCUT2D eigenvalue weighted by Crippen LogP contribution is -2.33. The normalized spacial score (nSPS) is 11.0. The number of carbonyl (C=O) groups excluding carboxylic acids is 2. The molecule has 13 heteroatoms. The number of carboxylic acids is 1. The summed E-state index contributed by atoms with van der Waals surface area (Å²) >= 11 is 0. The zero-order chi connectivity index (χ0) is 23.6. The molecule has 0 bridgehead atoms. The number of carboxylic acid groups (broad SMARTS) is 1. The molecule has 0 unspecified atom stereocenters. The fraction of sp³-hybridized carbons (Fsp3) is 0.526. The van der Waals surface area contributed by atoms with Gasteiger partial charge in [0.05, 0.1) is 12.2 Å². The van der Waals surface area contributed by atoms with E-state index < -0.39 is 17.7 Å². The summed E-state index contributed by atoms with van der Waals surface area (Å²) in [5, 5.41) is 29.7. The Balaban J connectivity index is 1.84. The molecule has 2 aromatic heterocycles. The van der Waals surface area contributed by atoms with Gasteiger partial charge in [-0.3, -0.25) is 9.59 Å². The smallest absolute Gasteiger partial charge is 0.407 e. The fourth-order valence-electron chi connectivity index (χ4n) is 2.31. The summed E-state index contributed by atoms with van der Waals surface area (Å²) in [6.07, 6.45) is 1.60. The molecule has 2 rings (SSSR count). The predicted octanol–water partition coefficient (Wildman–Crippen LogP) is 0.662. The summed E-state index contributed by atoms with van der Waals surface area (Å²) in [5.41, 5.74) is -0.0564. The molecule has 2 aromatic rings. The van der Waals surface area contributed by atoms with Gasteiger partial charge in [-0.05, 0) is 33.3 Å². The standard InChI is InChI=1S/C19H26N8O5/c1-19(2,3)32-18(31)21-10-8-13-24-26-17(27-25-13)16-20-9-7-12(23-16)11-22-14(28)5-4-6-15(29)30/h7,9H,4-6,8,10-11H2,1-3H3,(H,21,31)(H,22,28)(H,29,30). The number of nitrogens with zero attached hydrogens (tertiary/aromatic N) is 6. The molecule has 0 fully saturated rings. The molecule has 2 amide bonds. The Hall–Kier alpha value is -3.77. The quantitative estimate of drug-likeness (QED) is 0.466. The second-order valence-electron chi connectivity index (χ2n) is 7.71. The average Bonchev–Trinajstić information content (AvgIpc) is 2.71. The van der Waals surface area contributed by atoms with Crippen LogP contribution in [0.3, 0.4) is 0 Å². The van der Waals surface area contributed by atoms with Crippen molar-refractivity contribution in [3.05, 3.63) is 23.8 Å². The number of rotatable bonds is 10. The first-order valence-electron chi connectivity index (χ1n) is 9.96. The van der Waals surface area contributed by atoms with Gasteiger partial charge in [-0.2, -0.15) is 0 Å². The number of aliphatic carboxylic acids is 1. The first kappa shape index (κ1) is 24.5. The number of alkyl carbamates (subject to hydrolysis) is 1. The molecule has 0 aliphatic carbocycles. The number of hydrogen-bond donors (Lipinski definition) is 3. The van der Waals surface area contributed by atoms with Crippen LogP contribution in [-0.4, -0.2) is 65.6 Å². The lowest BCUT2D eigenvalue weighted by Gasteiger charge is -2.19. The summed E-state index contributed by atoms with van der Waals surface area (Å²) < 4.78 is 5.14. The Morgan fingerprint density at radius 3 is 2.41 bits per heavy atom. The first-order valence-corrected chi connectivity index (χ1v) is 9.96. The molecule has 0 aliphatic heterocycles. The minimum Gasteiger partial charge on any atom is -0.481 e. The molecule has 0 aliphatic rings.